The van der Waals surface area contributed by atoms with Crippen molar-refractivity contribution in [1.82, 2.24) is 5.32 Å². The molecule has 0 aromatic heterocycles. The van der Waals surface area contributed by atoms with Gasteiger partial charge in [0.15, 0.2) is 0 Å². The second kappa shape index (κ2) is 9.40. The van der Waals surface area contributed by atoms with Crippen molar-refractivity contribution in [3.63, 3.8) is 0 Å². The Bertz CT molecular complexity index is 929. The summed E-state index contributed by atoms with van der Waals surface area (Å²) in [6.07, 6.45) is 0. The van der Waals surface area contributed by atoms with Gasteiger partial charge in [0, 0.05) is 28.3 Å². The van der Waals surface area contributed by atoms with E-state index in [1.807, 2.05) is 72.8 Å². The third-order valence-electron chi connectivity index (χ3n) is 4.08. The molecule has 3 aromatic carbocycles. The van der Waals surface area contributed by atoms with Gasteiger partial charge in [0.25, 0.3) is 0 Å². The predicted molar refractivity (Wildman–Crippen MR) is 114 cm³/mol. The molecule has 0 unspecified atom stereocenters. The van der Waals surface area contributed by atoms with Crippen molar-refractivity contribution >= 4 is 28.8 Å². The van der Waals surface area contributed by atoms with Gasteiger partial charge in [0.2, 0.25) is 0 Å². The van der Waals surface area contributed by atoms with E-state index in [9.17, 15) is 0 Å². The van der Waals surface area contributed by atoms with Gasteiger partial charge in [-0.05, 0) is 24.3 Å². The molecule has 1 N–H and O–H groups in total. The molecule has 3 aromatic rings. The van der Waals surface area contributed by atoms with E-state index >= 15 is 0 Å². The fraction of sp³-hybridized carbons (Fsp3) is 0.136. The van der Waals surface area contributed by atoms with E-state index in [0.29, 0.717) is 23.2 Å². The van der Waals surface area contributed by atoms with Crippen LogP contribution in [0.1, 0.15) is 16.7 Å². The van der Waals surface area contributed by atoms with Crippen LogP contribution in [-0.4, -0.2) is 12.1 Å². The lowest BCUT2D eigenvalue weighted by Gasteiger charge is -2.13. The highest BCUT2D eigenvalue weighted by Gasteiger charge is 2.06. The molecule has 3 nitrogen and oxygen atoms in total. The van der Waals surface area contributed by atoms with Crippen LogP contribution in [0.4, 0.5) is 0 Å². The normalized spacial score (nSPS) is 10.3. The topological polar surface area (TPSA) is 30.5 Å². The zero-order valence-electron chi connectivity index (χ0n) is 14.9. The zero-order chi connectivity index (χ0) is 19.1. The Labute approximate surface area is 169 Å². The Hall–Kier alpha value is -2.56. The lowest BCUT2D eigenvalue weighted by atomic mass is 10.1. The van der Waals surface area contributed by atoms with E-state index in [1.54, 1.807) is 7.11 Å². The lowest BCUT2D eigenvalue weighted by molar-refractivity contribution is 0.306. The van der Waals surface area contributed by atoms with Gasteiger partial charge >= 0.3 is 0 Å². The summed E-state index contributed by atoms with van der Waals surface area (Å²) in [6.45, 7) is 0.998. The maximum atomic E-state index is 6.18. The van der Waals surface area contributed by atoms with E-state index in [0.717, 1.165) is 28.2 Å². The smallest absolute Gasteiger partial charge is 0.123 e. The van der Waals surface area contributed by atoms with Gasteiger partial charge in [0.05, 0.1) is 7.11 Å². The van der Waals surface area contributed by atoms with Gasteiger partial charge in [-0.25, -0.2) is 0 Å². The third-order valence-corrected chi connectivity index (χ3v) is 4.83. The molecule has 0 spiro atoms. The Morgan fingerprint density at radius 2 is 1.70 bits per heavy atom. The van der Waals surface area contributed by atoms with Crippen molar-refractivity contribution in [3.8, 4) is 11.5 Å². The Kier molecular flexibility index (Phi) is 6.69. The van der Waals surface area contributed by atoms with Crippen molar-refractivity contribution in [2.24, 2.45) is 0 Å². The summed E-state index contributed by atoms with van der Waals surface area (Å²) in [7, 11) is 1.66. The van der Waals surface area contributed by atoms with Crippen molar-refractivity contribution in [2.75, 3.05) is 7.11 Å². The molecule has 3 rings (SSSR count). The highest BCUT2D eigenvalue weighted by atomic mass is 35.5. The maximum absolute atomic E-state index is 6.18. The SMILES string of the molecule is COc1ccccc1CNC(=S)c1cccc(OCc2ccccc2Cl)c1. The summed E-state index contributed by atoms with van der Waals surface area (Å²) in [5, 5.41) is 3.97. The molecular formula is C22H20ClNO2S. The highest BCUT2D eigenvalue weighted by molar-refractivity contribution is 7.80. The molecule has 0 fully saturated rings. The maximum Gasteiger partial charge on any atom is 0.123 e. The Balaban J connectivity index is 1.62. The van der Waals surface area contributed by atoms with Crippen molar-refractivity contribution < 1.29 is 9.47 Å². The van der Waals surface area contributed by atoms with Crippen molar-refractivity contribution in [1.29, 1.82) is 0 Å². The number of rotatable bonds is 7. The first-order valence-corrected chi connectivity index (χ1v) is 9.32. The third kappa shape index (κ3) is 5.22. The van der Waals surface area contributed by atoms with Crippen LogP contribution < -0.4 is 14.8 Å². The van der Waals surface area contributed by atoms with E-state index in [-0.39, 0.29) is 0 Å². The first-order valence-electron chi connectivity index (χ1n) is 8.54. The Morgan fingerprint density at radius 1 is 0.963 bits per heavy atom. The molecule has 0 saturated heterocycles. The first kappa shape index (κ1) is 19.2. The van der Waals surface area contributed by atoms with Crippen LogP contribution in [0.3, 0.4) is 0 Å². The molecule has 5 heteroatoms. The standard InChI is InChI=1S/C22H20ClNO2S/c1-25-21-12-5-3-7-17(21)14-24-22(27)16-9-6-10-19(13-16)26-15-18-8-2-4-11-20(18)23/h2-13H,14-15H2,1H3,(H,24,27). The number of halogens is 1. The second-order valence-corrected chi connectivity index (χ2v) is 6.72. The van der Waals surface area contributed by atoms with Crippen molar-refractivity contribution in [3.05, 3.63) is 94.5 Å². The predicted octanol–water partition coefficient (Wildman–Crippen LogP) is 5.39. The second-order valence-electron chi connectivity index (χ2n) is 5.90. The monoisotopic (exact) mass is 397 g/mol. The molecule has 138 valence electrons. The largest absolute Gasteiger partial charge is 0.496 e. The van der Waals surface area contributed by atoms with Gasteiger partial charge in [-0.3, -0.25) is 0 Å². The van der Waals surface area contributed by atoms with Crippen LogP contribution in [0.2, 0.25) is 5.02 Å². The van der Waals surface area contributed by atoms with Crippen LogP contribution in [0.25, 0.3) is 0 Å². The minimum absolute atomic E-state index is 0.407. The number of para-hydroxylation sites is 1. The van der Waals surface area contributed by atoms with E-state index in [4.69, 9.17) is 33.3 Å². The molecule has 0 atom stereocenters. The molecule has 0 amide bonds. The summed E-state index contributed by atoms with van der Waals surface area (Å²) in [4.78, 5) is 0.657. The van der Waals surface area contributed by atoms with Crippen LogP contribution in [0.5, 0.6) is 11.5 Å². The molecule has 0 saturated carbocycles. The summed E-state index contributed by atoms with van der Waals surface area (Å²) < 4.78 is 11.2. The van der Waals surface area contributed by atoms with Gasteiger partial charge < -0.3 is 14.8 Å². The van der Waals surface area contributed by atoms with Gasteiger partial charge in [-0.1, -0.05) is 72.3 Å². The minimum atomic E-state index is 0.407. The zero-order valence-corrected chi connectivity index (χ0v) is 16.5. The van der Waals surface area contributed by atoms with E-state index < -0.39 is 0 Å². The number of benzene rings is 3. The van der Waals surface area contributed by atoms with Crippen LogP contribution >= 0.6 is 23.8 Å². The molecular weight excluding hydrogens is 378 g/mol. The molecule has 27 heavy (non-hydrogen) atoms. The van der Waals surface area contributed by atoms with Crippen LogP contribution in [0, 0.1) is 0 Å². The number of hydrogen-bond acceptors (Lipinski definition) is 3. The van der Waals surface area contributed by atoms with E-state index in [2.05, 4.69) is 5.32 Å². The molecule has 0 bridgehead atoms. The highest BCUT2D eigenvalue weighted by Crippen LogP contribution is 2.20. The number of thiocarbonyl (C=S) groups is 1. The lowest BCUT2D eigenvalue weighted by Crippen LogP contribution is -2.22. The molecule has 0 heterocycles. The first-order chi connectivity index (χ1) is 13.2. The van der Waals surface area contributed by atoms with Gasteiger partial charge in [-0.15, -0.1) is 0 Å². The molecule has 0 radical (unpaired) electrons. The quantitative estimate of drug-likeness (QED) is 0.541. The molecule has 0 aliphatic carbocycles. The molecule has 0 aliphatic rings. The number of methoxy groups -OCH3 is 1. The van der Waals surface area contributed by atoms with E-state index in [1.165, 1.54) is 0 Å². The summed E-state index contributed by atoms with van der Waals surface area (Å²) >= 11 is 11.7. The van der Waals surface area contributed by atoms with Crippen LogP contribution in [-0.2, 0) is 13.2 Å². The van der Waals surface area contributed by atoms with Crippen LogP contribution in [0.15, 0.2) is 72.8 Å². The fourth-order valence-corrected chi connectivity index (χ4v) is 3.02. The number of ether oxygens (including phenoxy) is 2. The number of hydrogen-bond donors (Lipinski definition) is 1. The van der Waals surface area contributed by atoms with Gasteiger partial charge in [0.1, 0.15) is 23.1 Å². The summed E-state index contributed by atoms with van der Waals surface area (Å²) in [5.74, 6) is 1.58. The minimum Gasteiger partial charge on any atom is -0.496 e. The summed E-state index contributed by atoms with van der Waals surface area (Å²) in [5.41, 5.74) is 2.89. The Morgan fingerprint density at radius 3 is 2.48 bits per heavy atom. The van der Waals surface area contributed by atoms with Gasteiger partial charge in [-0.2, -0.15) is 0 Å². The van der Waals surface area contributed by atoms with Crippen molar-refractivity contribution in [2.45, 2.75) is 13.2 Å². The summed E-state index contributed by atoms with van der Waals surface area (Å²) in [6, 6.07) is 23.2. The average molecular weight is 398 g/mol. The molecule has 0 aliphatic heterocycles. The number of nitrogens with one attached hydrogen (secondary N) is 1. The average Bonchev–Trinajstić information content (AvgIpc) is 2.72. The fourth-order valence-electron chi connectivity index (χ4n) is 2.63.